The number of aryl methyl sites for hydroxylation is 1. The fourth-order valence-electron chi connectivity index (χ4n) is 1.16. The molecular formula is C9H11Br2N. The smallest absolute Gasteiger partial charge is 0.0416 e. The van der Waals surface area contributed by atoms with Gasteiger partial charge in [-0.25, -0.2) is 0 Å². The minimum Gasteiger partial charge on any atom is -0.261 e. The third kappa shape index (κ3) is 2.07. The predicted molar refractivity (Wildman–Crippen MR) is 58.9 cm³/mol. The van der Waals surface area contributed by atoms with Crippen LogP contribution in [-0.2, 0) is 5.33 Å². The zero-order chi connectivity index (χ0) is 9.14. The Hall–Kier alpha value is 0.110. The molecule has 1 rings (SSSR count). The van der Waals surface area contributed by atoms with E-state index in [4.69, 9.17) is 0 Å². The number of pyridine rings is 1. The third-order valence-corrected chi connectivity index (χ3v) is 2.92. The van der Waals surface area contributed by atoms with Crippen LogP contribution in [0.5, 0.6) is 0 Å². The van der Waals surface area contributed by atoms with Crippen molar-refractivity contribution >= 4 is 31.9 Å². The Labute approximate surface area is 89.8 Å². The van der Waals surface area contributed by atoms with E-state index in [1.54, 1.807) is 0 Å². The summed E-state index contributed by atoms with van der Waals surface area (Å²) in [5.74, 6) is 0. The molecule has 0 fully saturated rings. The molecule has 0 aromatic carbocycles. The van der Waals surface area contributed by atoms with Gasteiger partial charge in [-0.3, -0.25) is 4.98 Å². The molecule has 0 bridgehead atoms. The van der Waals surface area contributed by atoms with Crippen LogP contribution < -0.4 is 0 Å². The van der Waals surface area contributed by atoms with Crippen molar-refractivity contribution in [2.24, 2.45) is 0 Å². The lowest BCUT2D eigenvalue weighted by Gasteiger charge is -2.10. The molecule has 1 heterocycles. The normalized spacial score (nSPS) is 13.0. The van der Waals surface area contributed by atoms with Crippen LogP contribution in [0.1, 0.15) is 28.6 Å². The van der Waals surface area contributed by atoms with Crippen LogP contribution in [0.2, 0.25) is 0 Å². The summed E-state index contributed by atoms with van der Waals surface area (Å²) in [6, 6.07) is 2.06. The second-order valence-corrected chi connectivity index (χ2v) is 4.65. The van der Waals surface area contributed by atoms with Crippen molar-refractivity contribution in [3.8, 4) is 0 Å². The van der Waals surface area contributed by atoms with Crippen LogP contribution in [0.4, 0.5) is 0 Å². The number of aromatic nitrogens is 1. The molecule has 1 aromatic heterocycles. The Kier molecular flexibility index (Phi) is 3.72. The van der Waals surface area contributed by atoms with Gasteiger partial charge >= 0.3 is 0 Å². The number of nitrogens with zero attached hydrogens (tertiary/aromatic N) is 1. The summed E-state index contributed by atoms with van der Waals surface area (Å²) in [5.41, 5.74) is 3.72. The Morgan fingerprint density at radius 3 is 2.67 bits per heavy atom. The molecule has 0 saturated heterocycles. The first kappa shape index (κ1) is 10.2. The number of rotatable bonds is 2. The molecule has 0 aliphatic carbocycles. The number of hydrogen-bond acceptors (Lipinski definition) is 1. The third-order valence-electron chi connectivity index (χ3n) is 1.87. The Bertz CT molecular complexity index is 271. The first-order valence-corrected chi connectivity index (χ1v) is 5.85. The maximum Gasteiger partial charge on any atom is 0.0416 e. The first-order valence-electron chi connectivity index (χ1n) is 3.81. The highest BCUT2D eigenvalue weighted by molar-refractivity contribution is 9.09. The quantitative estimate of drug-likeness (QED) is 0.757. The Morgan fingerprint density at radius 1 is 1.58 bits per heavy atom. The van der Waals surface area contributed by atoms with Crippen LogP contribution in [0.3, 0.4) is 0 Å². The van der Waals surface area contributed by atoms with Crippen molar-refractivity contribution in [3.05, 3.63) is 29.1 Å². The standard InChI is InChI=1S/C9H11Br2N/c1-6(11)8-3-4-12-7(2)9(8)5-10/h3-4,6H,5H2,1-2H3. The van der Waals surface area contributed by atoms with Crippen molar-refractivity contribution in [2.75, 3.05) is 0 Å². The van der Waals surface area contributed by atoms with Gasteiger partial charge in [-0.1, -0.05) is 31.9 Å². The maximum absolute atomic E-state index is 4.24. The molecule has 0 spiro atoms. The van der Waals surface area contributed by atoms with Gasteiger partial charge < -0.3 is 0 Å². The lowest BCUT2D eigenvalue weighted by molar-refractivity contribution is 1.03. The van der Waals surface area contributed by atoms with Crippen molar-refractivity contribution in [1.82, 2.24) is 4.98 Å². The van der Waals surface area contributed by atoms with Gasteiger partial charge in [0.1, 0.15) is 0 Å². The largest absolute Gasteiger partial charge is 0.261 e. The van der Waals surface area contributed by atoms with Crippen molar-refractivity contribution in [3.63, 3.8) is 0 Å². The van der Waals surface area contributed by atoms with Crippen molar-refractivity contribution in [1.29, 1.82) is 0 Å². The molecule has 1 aromatic rings. The van der Waals surface area contributed by atoms with E-state index in [2.05, 4.69) is 49.8 Å². The van der Waals surface area contributed by atoms with Crippen LogP contribution >= 0.6 is 31.9 Å². The summed E-state index contributed by atoms with van der Waals surface area (Å²) in [6.45, 7) is 4.16. The van der Waals surface area contributed by atoms with E-state index in [1.807, 2.05) is 13.1 Å². The Morgan fingerprint density at radius 2 is 2.25 bits per heavy atom. The zero-order valence-corrected chi connectivity index (χ0v) is 10.3. The molecule has 3 heteroatoms. The fourth-order valence-corrected chi connectivity index (χ4v) is 2.32. The summed E-state index contributed by atoms with van der Waals surface area (Å²) < 4.78 is 0. The molecule has 1 nitrogen and oxygen atoms in total. The molecule has 0 saturated carbocycles. The molecule has 1 unspecified atom stereocenters. The summed E-state index contributed by atoms with van der Waals surface area (Å²) >= 11 is 7.03. The van der Waals surface area contributed by atoms with Gasteiger partial charge in [0.2, 0.25) is 0 Å². The van der Waals surface area contributed by atoms with Gasteiger partial charge in [0.15, 0.2) is 0 Å². The molecule has 0 radical (unpaired) electrons. The van der Waals surface area contributed by atoms with Crippen LogP contribution in [-0.4, -0.2) is 4.98 Å². The highest BCUT2D eigenvalue weighted by Gasteiger charge is 2.08. The minimum atomic E-state index is 0.395. The van der Waals surface area contributed by atoms with Gasteiger partial charge in [-0.05, 0) is 31.0 Å². The van der Waals surface area contributed by atoms with E-state index in [1.165, 1.54) is 11.1 Å². The summed E-state index contributed by atoms with van der Waals surface area (Å²) in [5, 5.41) is 0.873. The monoisotopic (exact) mass is 291 g/mol. The Balaban J connectivity index is 3.18. The van der Waals surface area contributed by atoms with Crippen molar-refractivity contribution in [2.45, 2.75) is 24.0 Å². The number of hydrogen-bond donors (Lipinski definition) is 0. The van der Waals surface area contributed by atoms with Crippen LogP contribution in [0.15, 0.2) is 12.3 Å². The van der Waals surface area contributed by atoms with Gasteiger partial charge in [0.05, 0.1) is 0 Å². The topological polar surface area (TPSA) is 12.9 Å². The van der Waals surface area contributed by atoms with E-state index < -0.39 is 0 Å². The van der Waals surface area contributed by atoms with Crippen molar-refractivity contribution < 1.29 is 0 Å². The molecule has 0 N–H and O–H groups in total. The first-order chi connectivity index (χ1) is 5.66. The molecule has 0 aliphatic rings. The number of alkyl halides is 2. The van der Waals surface area contributed by atoms with Crippen LogP contribution in [0.25, 0.3) is 0 Å². The highest BCUT2D eigenvalue weighted by Crippen LogP contribution is 2.27. The van der Waals surface area contributed by atoms with Gasteiger partial charge in [-0.2, -0.15) is 0 Å². The lowest BCUT2D eigenvalue weighted by atomic mass is 10.1. The van der Waals surface area contributed by atoms with E-state index in [0.717, 1.165) is 11.0 Å². The second kappa shape index (κ2) is 4.38. The lowest BCUT2D eigenvalue weighted by Crippen LogP contribution is -1.97. The predicted octanol–water partition coefficient (Wildman–Crippen LogP) is 3.74. The molecule has 66 valence electrons. The zero-order valence-electron chi connectivity index (χ0n) is 7.14. The highest BCUT2D eigenvalue weighted by atomic mass is 79.9. The molecule has 1 atom stereocenters. The molecule has 0 amide bonds. The second-order valence-electron chi connectivity index (χ2n) is 2.71. The minimum absolute atomic E-state index is 0.395. The van der Waals surface area contributed by atoms with Gasteiger partial charge in [0.25, 0.3) is 0 Å². The average molecular weight is 293 g/mol. The average Bonchev–Trinajstić information content (AvgIpc) is 2.03. The van der Waals surface area contributed by atoms with E-state index in [9.17, 15) is 0 Å². The summed E-state index contributed by atoms with van der Waals surface area (Å²) in [6.07, 6.45) is 1.86. The molecular weight excluding hydrogens is 282 g/mol. The summed E-state index contributed by atoms with van der Waals surface area (Å²) in [4.78, 5) is 4.64. The molecule has 12 heavy (non-hydrogen) atoms. The fraction of sp³-hybridized carbons (Fsp3) is 0.444. The van der Waals surface area contributed by atoms with Gasteiger partial charge in [-0.15, -0.1) is 0 Å². The summed E-state index contributed by atoms with van der Waals surface area (Å²) in [7, 11) is 0. The molecule has 0 aliphatic heterocycles. The SMILES string of the molecule is Cc1nccc(C(C)Br)c1CBr. The van der Waals surface area contributed by atoms with E-state index in [-0.39, 0.29) is 0 Å². The van der Waals surface area contributed by atoms with Gasteiger partial charge in [0, 0.05) is 22.0 Å². The van der Waals surface area contributed by atoms with E-state index in [0.29, 0.717) is 4.83 Å². The number of halogens is 2. The maximum atomic E-state index is 4.24. The van der Waals surface area contributed by atoms with Crippen LogP contribution in [0, 0.1) is 6.92 Å². The van der Waals surface area contributed by atoms with E-state index >= 15 is 0 Å².